The van der Waals surface area contributed by atoms with Crippen molar-refractivity contribution in [2.75, 3.05) is 18.2 Å². The van der Waals surface area contributed by atoms with E-state index < -0.39 is 11.9 Å². The number of carbonyl (C=O) groups excluding carboxylic acids is 3. The first-order valence-corrected chi connectivity index (χ1v) is 13.1. The highest BCUT2D eigenvalue weighted by atomic mass is 32.2. The summed E-state index contributed by atoms with van der Waals surface area (Å²) in [6.07, 6.45) is -0.155. The van der Waals surface area contributed by atoms with E-state index in [1.807, 2.05) is 18.2 Å². The molecule has 11 heteroatoms. The fraction of sp³-hybridized carbons (Fsp3) is 0.179. The van der Waals surface area contributed by atoms with Crippen LogP contribution >= 0.6 is 11.8 Å². The van der Waals surface area contributed by atoms with Crippen LogP contribution in [0.25, 0.3) is 0 Å². The third-order valence-corrected chi connectivity index (χ3v) is 6.97. The molecule has 5 rings (SSSR count). The Morgan fingerprint density at radius 2 is 1.77 bits per heavy atom. The molecule has 3 aromatic rings. The Labute approximate surface area is 228 Å². The number of amidine groups is 2. The molecule has 1 unspecified atom stereocenters. The van der Waals surface area contributed by atoms with Gasteiger partial charge in [-0.2, -0.15) is 0 Å². The van der Waals surface area contributed by atoms with Crippen molar-refractivity contribution in [1.82, 2.24) is 10.2 Å². The quantitative estimate of drug-likeness (QED) is 0.446. The number of rotatable bonds is 8. The van der Waals surface area contributed by atoms with Gasteiger partial charge in [-0.3, -0.25) is 19.4 Å². The number of para-hydroxylation sites is 1. The van der Waals surface area contributed by atoms with Gasteiger partial charge in [-0.05, 0) is 54.1 Å². The molecular weight excluding hydrogens is 521 g/mol. The molecule has 0 fully saturated rings. The van der Waals surface area contributed by atoms with Crippen LogP contribution in [0, 0.1) is 5.82 Å². The number of aliphatic imine (C=N–C) groups is 2. The summed E-state index contributed by atoms with van der Waals surface area (Å²) in [6.45, 7) is 0.203. The number of carbonyl (C=O) groups is 3. The van der Waals surface area contributed by atoms with Crippen LogP contribution < -0.4 is 15.4 Å². The summed E-state index contributed by atoms with van der Waals surface area (Å²) in [7, 11) is 1.56. The van der Waals surface area contributed by atoms with Crippen LogP contribution in [0.3, 0.4) is 0 Å². The van der Waals surface area contributed by atoms with Crippen LogP contribution in [0.5, 0.6) is 5.75 Å². The summed E-state index contributed by atoms with van der Waals surface area (Å²) >= 11 is 1.11. The van der Waals surface area contributed by atoms with Gasteiger partial charge in [0.2, 0.25) is 11.8 Å². The number of fused-ring (bicyclic) bond motifs is 3. The van der Waals surface area contributed by atoms with Gasteiger partial charge in [-0.25, -0.2) is 14.3 Å². The average molecular weight is 546 g/mol. The summed E-state index contributed by atoms with van der Waals surface area (Å²) < 4.78 is 18.3. The van der Waals surface area contributed by atoms with Gasteiger partial charge in [0.05, 0.1) is 25.0 Å². The number of hydrogen-bond acceptors (Lipinski definition) is 7. The minimum atomic E-state index is -0.932. The lowest BCUT2D eigenvalue weighted by molar-refractivity contribution is -0.128. The van der Waals surface area contributed by atoms with E-state index in [0.717, 1.165) is 17.3 Å². The van der Waals surface area contributed by atoms with Gasteiger partial charge in [-0.1, -0.05) is 36.0 Å². The number of ether oxygens (including phenoxy) is 1. The molecule has 0 saturated heterocycles. The molecule has 0 radical (unpaired) electrons. The maximum atomic E-state index is 13.4. The topological polar surface area (TPSA) is 112 Å². The molecule has 0 spiro atoms. The molecule has 2 N–H and O–H groups in total. The second-order valence-electron chi connectivity index (χ2n) is 8.73. The SMILES string of the molecule is COc1ccc(NC(=O)CSC2=Nc3ccccc3C3=NC(CC(=O)NCc4ccc(F)cc4)C(=O)N23)cc1. The number of thioether (sulfide) groups is 1. The normalized spacial score (nSPS) is 15.6. The Bertz CT molecular complexity index is 1470. The van der Waals surface area contributed by atoms with Crippen LogP contribution in [0.1, 0.15) is 17.5 Å². The fourth-order valence-electron chi connectivity index (χ4n) is 4.08. The van der Waals surface area contributed by atoms with E-state index in [0.29, 0.717) is 33.7 Å². The average Bonchev–Trinajstić information content (AvgIpc) is 3.27. The molecular formula is C28H24FN5O4S. The minimum Gasteiger partial charge on any atom is -0.497 e. The molecule has 1 atom stereocenters. The van der Waals surface area contributed by atoms with E-state index in [4.69, 9.17) is 4.74 Å². The second kappa shape index (κ2) is 11.5. The van der Waals surface area contributed by atoms with Gasteiger partial charge in [0, 0.05) is 17.8 Å². The number of amides is 3. The second-order valence-corrected chi connectivity index (χ2v) is 9.67. The summed E-state index contributed by atoms with van der Waals surface area (Å²) in [5.41, 5.74) is 2.65. The molecule has 39 heavy (non-hydrogen) atoms. The van der Waals surface area contributed by atoms with Crippen LogP contribution in [0.4, 0.5) is 15.8 Å². The van der Waals surface area contributed by atoms with Crippen molar-refractivity contribution in [2.45, 2.75) is 19.0 Å². The lowest BCUT2D eigenvalue weighted by Crippen LogP contribution is -2.42. The molecule has 2 aliphatic heterocycles. The summed E-state index contributed by atoms with van der Waals surface area (Å²) in [5, 5.41) is 5.88. The maximum Gasteiger partial charge on any atom is 0.259 e. The summed E-state index contributed by atoms with van der Waals surface area (Å²) in [6, 6.07) is 19.1. The van der Waals surface area contributed by atoms with Crippen molar-refractivity contribution in [3.63, 3.8) is 0 Å². The van der Waals surface area contributed by atoms with Gasteiger partial charge in [-0.15, -0.1) is 0 Å². The number of benzene rings is 3. The minimum absolute atomic E-state index is 0.00686. The molecule has 0 aromatic heterocycles. The van der Waals surface area contributed by atoms with Crippen molar-refractivity contribution in [1.29, 1.82) is 0 Å². The predicted octanol–water partition coefficient (Wildman–Crippen LogP) is 3.87. The molecule has 198 valence electrons. The molecule has 9 nitrogen and oxygen atoms in total. The largest absolute Gasteiger partial charge is 0.497 e. The smallest absolute Gasteiger partial charge is 0.259 e. The van der Waals surface area contributed by atoms with Gasteiger partial charge in [0.1, 0.15) is 23.4 Å². The van der Waals surface area contributed by atoms with Gasteiger partial charge in [0.25, 0.3) is 5.91 Å². The molecule has 3 amide bonds. The number of methoxy groups -OCH3 is 1. The zero-order chi connectivity index (χ0) is 27.4. The van der Waals surface area contributed by atoms with Gasteiger partial charge in [0.15, 0.2) is 5.17 Å². The lowest BCUT2D eigenvalue weighted by atomic mass is 10.1. The number of nitrogens with zero attached hydrogens (tertiary/aromatic N) is 3. The Morgan fingerprint density at radius 1 is 1.03 bits per heavy atom. The number of hydrogen-bond donors (Lipinski definition) is 2. The first-order valence-electron chi connectivity index (χ1n) is 12.1. The van der Waals surface area contributed by atoms with Gasteiger partial charge >= 0.3 is 0 Å². The van der Waals surface area contributed by atoms with E-state index in [1.54, 1.807) is 49.6 Å². The van der Waals surface area contributed by atoms with Crippen LogP contribution in [-0.4, -0.2) is 52.5 Å². The number of halogens is 1. The first kappa shape index (κ1) is 26.1. The number of nitrogens with one attached hydrogen (secondary N) is 2. The summed E-state index contributed by atoms with van der Waals surface area (Å²) in [4.78, 5) is 49.2. The van der Waals surface area contributed by atoms with E-state index in [9.17, 15) is 18.8 Å². The van der Waals surface area contributed by atoms with E-state index in [-0.39, 0.29) is 36.4 Å². The highest BCUT2D eigenvalue weighted by molar-refractivity contribution is 8.14. The van der Waals surface area contributed by atoms with Gasteiger partial charge < -0.3 is 15.4 Å². The Kier molecular flexibility index (Phi) is 7.69. The third kappa shape index (κ3) is 5.99. The van der Waals surface area contributed by atoms with E-state index in [1.165, 1.54) is 17.0 Å². The zero-order valence-electron chi connectivity index (χ0n) is 20.9. The highest BCUT2D eigenvalue weighted by Crippen LogP contribution is 2.34. The first-order chi connectivity index (χ1) is 18.9. The monoisotopic (exact) mass is 545 g/mol. The van der Waals surface area contributed by atoms with Crippen LogP contribution in [0.15, 0.2) is 82.8 Å². The van der Waals surface area contributed by atoms with Crippen molar-refractivity contribution >= 4 is 51.9 Å². The van der Waals surface area contributed by atoms with Crippen LogP contribution in [0.2, 0.25) is 0 Å². The molecule has 0 aliphatic carbocycles. The van der Waals surface area contributed by atoms with Crippen molar-refractivity contribution in [3.05, 3.63) is 89.7 Å². The molecule has 0 bridgehead atoms. The molecule has 3 aromatic carbocycles. The Balaban J connectivity index is 1.26. The van der Waals surface area contributed by atoms with Crippen LogP contribution in [-0.2, 0) is 20.9 Å². The Hall–Kier alpha value is -4.51. The maximum absolute atomic E-state index is 13.4. The predicted molar refractivity (Wildman–Crippen MR) is 148 cm³/mol. The lowest BCUT2D eigenvalue weighted by Gasteiger charge is -2.25. The standard InChI is InChI=1S/C28H24FN5O4S/c1-38-20-12-10-19(11-13-20)31-25(36)16-39-28-33-22-5-3-2-4-21(22)26-32-23(27(37)34(26)28)14-24(35)30-15-17-6-8-18(29)9-7-17/h2-13,23H,14-16H2,1H3,(H,30,35)(H,31,36). The van der Waals surface area contributed by atoms with Crippen molar-refractivity contribution < 1.29 is 23.5 Å². The van der Waals surface area contributed by atoms with Crippen molar-refractivity contribution in [3.8, 4) is 5.75 Å². The summed E-state index contributed by atoms with van der Waals surface area (Å²) in [5.74, 6) is -0.294. The molecule has 0 saturated carbocycles. The van der Waals surface area contributed by atoms with Crippen molar-refractivity contribution in [2.24, 2.45) is 9.98 Å². The highest BCUT2D eigenvalue weighted by Gasteiger charge is 2.42. The fourth-order valence-corrected chi connectivity index (χ4v) is 4.88. The van der Waals surface area contributed by atoms with E-state index in [2.05, 4.69) is 20.6 Å². The number of anilines is 1. The third-order valence-electron chi connectivity index (χ3n) is 6.04. The zero-order valence-corrected chi connectivity index (χ0v) is 21.7. The molecule has 2 heterocycles. The Morgan fingerprint density at radius 3 is 2.51 bits per heavy atom. The van der Waals surface area contributed by atoms with E-state index >= 15 is 0 Å². The molecule has 2 aliphatic rings.